The second kappa shape index (κ2) is 4.53. The fourth-order valence-corrected chi connectivity index (χ4v) is 2.01. The van der Waals surface area contributed by atoms with Crippen LogP contribution in [0.15, 0.2) is 12.7 Å². The molecule has 18 heavy (non-hydrogen) atoms. The second-order valence-electron chi connectivity index (χ2n) is 5.11. The van der Waals surface area contributed by atoms with Crippen LogP contribution >= 0.6 is 12.2 Å². The second-order valence-corrected chi connectivity index (χ2v) is 5.52. The maximum Gasteiger partial charge on any atom is 0.167 e. The first-order chi connectivity index (χ1) is 8.47. The summed E-state index contributed by atoms with van der Waals surface area (Å²) >= 11 is 5.17. The minimum Gasteiger partial charge on any atom is -0.360 e. The molecular formula is C11H16N6S. The third-order valence-corrected chi connectivity index (χ3v) is 3.26. The summed E-state index contributed by atoms with van der Waals surface area (Å²) < 4.78 is 1.87. The highest BCUT2D eigenvalue weighted by atomic mass is 32.1. The summed E-state index contributed by atoms with van der Waals surface area (Å²) in [6, 6.07) is 2.15. The molecule has 0 bridgehead atoms. The van der Waals surface area contributed by atoms with Gasteiger partial charge in [0.05, 0.1) is 11.6 Å². The number of aromatic nitrogens is 3. The number of nitrogens with zero attached hydrogens (tertiary/aromatic N) is 4. The van der Waals surface area contributed by atoms with Gasteiger partial charge in [0.1, 0.15) is 18.2 Å². The van der Waals surface area contributed by atoms with Gasteiger partial charge in [-0.1, -0.05) is 0 Å². The molecular weight excluding hydrogens is 248 g/mol. The Bertz CT molecular complexity index is 468. The first-order valence-electron chi connectivity index (χ1n) is 5.80. The summed E-state index contributed by atoms with van der Waals surface area (Å²) in [6.45, 7) is 4.26. The minimum absolute atomic E-state index is 0.000966. The van der Waals surface area contributed by atoms with E-state index in [-0.39, 0.29) is 5.54 Å². The molecule has 0 aromatic carbocycles. The number of rotatable bonds is 4. The van der Waals surface area contributed by atoms with Crippen molar-refractivity contribution in [2.45, 2.75) is 37.8 Å². The van der Waals surface area contributed by atoms with Crippen LogP contribution in [-0.2, 0) is 5.54 Å². The summed E-state index contributed by atoms with van der Waals surface area (Å²) in [7, 11) is 0. The summed E-state index contributed by atoms with van der Waals surface area (Å²) in [5.41, 5.74) is -0.660. The van der Waals surface area contributed by atoms with Gasteiger partial charge in [0, 0.05) is 6.54 Å². The molecule has 7 heteroatoms. The third kappa shape index (κ3) is 2.76. The molecule has 0 amide bonds. The average molecular weight is 264 g/mol. The highest BCUT2D eigenvalue weighted by Crippen LogP contribution is 2.41. The molecule has 1 aromatic heterocycles. The summed E-state index contributed by atoms with van der Waals surface area (Å²) in [5.74, 6) is 0. The molecule has 1 aliphatic rings. The van der Waals surface area contributed by atoms with Gasteiger partial charge in [-0.3, -0.25) is 0 Å². The zero-order valence-electron chi connectivity index (χ0n) is 10.5. The molecule has 1 heterocycles. The van der Waals surface area contributed by atoms with Gasteiger partial charge >= 0.3 is 0 Å². The summed E-state index contributed by atoms with van der Waals surface area (Å²) in [5, 5.41) is 19.7. The summed E-state index contributed by atoms with van der Waals surface area (Å²) in [6.07, 6.45) is 5.39. The lowest BCUT2D eigenvalue weighted by molar-refractivity contribution is 0.422. The molecule has 0 saturated heterocycles. The Morgan fingerprint density at radius 3 is 2.83 bits per heavy atom. The van der Waals surface area contributed by atoms with Crippen LogP contribution in [0, 0.1) is 11.3 Å². The largest absolute Gasteiger partial charge is 0.360 e. The Morgan fingerprint density at radius 2 is 2.33 bits per heavy atom. The Labute approximate surface area is 111 Å². The molecule has 6 nitrogen and oxygen atoms in total. The molecule has 2 rings (SSSR count). The predicted octanol–water partition coefficient (Wildman–Crippen LogP) is 0.533. The molecule has 1 aliphatic carbocycles. The molecule has 0 spiro atoms. The fraction of sp³-hybridized carbons (Fsp3) is 0.636. The zero-order valence-corrected chi connectivity index (χ0v) is 11.3. The van der Waals surface area contributed by atoms with Crippen molar-refractivity contribution in [2.24, 2.45) is 0 Å². The average Bonchev–Trinajstić information content (AvgIpc) is 2.90. The van der Waals surface area contributed by atoms with E-state index in [9.17, 15) is 0 Å². The molecule has 0 atom stereocenters. The first-order valence-corrected chi connectivity index (χ1v) is 6.21. The zero-order chi connectivity index (χ0) is 13.2. The van der Waals surface area contributed by atoms with Gasteiger partial charge < -0.3 is 10.6 Å². The molecule has 0 radical (unpaired) electrons. The van der Waals surface area contributed by atoms with Crippen molar-refractivity contribution in [3.8, 4) is 6.07 Å². The van der Waals surface area contributed by atoms with Crippen molar-refractivity contribution in [3.05, 3.63) is 12.7 Å². The van der Waals surface area contributed by atoms with E-state index < -0.39 is 5.54 Å². The molecule has 1 aromatic rings. The van der Waals surface area contributed by atoms with E-state index in [0.717, 1.165) is 12.8 Å². The van der Waals surface area contributed by atoms with E-state index in [1.54, 1.807) is 20.2 Å². The fourth-order valence-electron chi connectivity index (χ4n) is 1.69. The monoisotopic (exact) mass is 264 g/mol. The third-order valence-electron chi connectivity index (χ3n) is 3.02. The van der Waals surface area contributed by atoms with Gasteiger partial charge in [0.25, 0.3) is 0 Å². The van der Waals surface area contributed by atoms with Crippen LogP contribution < -0.4 is 10.6 Å². The van der Waals surface area contributed by atoms with Crippen LogP contribution in [0.1, 0.15) is 26.7 Å². The highest BCUT2D eigenvalue weighted by molar-refractivity contribution is 7.80. The first kappa shape index (κ1) is 12.8. The van der Waals surface area contributed by atoms with Crippen molar-refractivity contribution < 1.29 is 0 Å². The van der Waals surface area contributed by atoms with Gasteiger partial charge in [-0.05, 0) is 38.9 Å². The number of nitrogens with one attached hydrogen (secondary N) is 2. The maximum absolute atomic E-state index is 8.91. The molecule has 0 aliphatic heterocycles. The van der Waals surface area contributed by atoms with E-state index >= 15 is 0 Å². The van der Waals surface area contributed by atoms with Gasteiger partial charge in [-0.15, -0.1) is 0 Å². The van der Waals surface area contributed by atoms with E-state index in [0.29, 0.717) is 11.7 Å². The SMILES string of the molecule is CC(C)(C#N)NC(=S)NCC1(n2cncn2)CC1. The standard InChI is InChI=1S/C11H16N6S/c1-10(2,5-12)16-9(18)14-6-11(3-4-11)17-8-13-7-15-17/h7-8H,3-4,6H2,1-2H3,(H2,14,16,18). The van der Waals surface area contributed by atoms with E-state index in [2.05, 4.69) is 26.8 Å². The van der Waals surface area contributed by atoms with E-state index in [1.807, 2.05) is 4.68 Å². The van der Waals surface area contributed by atoms with Crippen LogP contribution in [0.3, 0.4) is 0 Å². The lowest BCUT2D eigenvalue weighted by Gasteiger charge is -2.22. The number of hydrogen-bond acceptors (Lipinski definition) is 4. The Kier molecular flexibility index (Phi) is 3.22. The van der Waals surface area contributed by atoms with Gasteiger partial charge in [-0.2, -0.15) is 10.4 Å². The summed E-state index contributed by atoms with van der Waals surface area (Å²) in [4.78, 5) is 3.96. The van der Waals surface area contributed by atoms with Crippen LogP contribution in [0.5, 0.6) is 0 Å². The maximum atomic E-state index is 8.91. The Morgan fingerprint density at radius 1 is 1.61 bits per heavy atom. The van der Waals surface area contributed by atoms with Crippen molar-refractivity contribution in [3.63, 3.8) is 0 Å². The van der Waals surface area contributed by atoms with Gasteiger partial charge in [0.15, 0.2) is 5.11 Å². The smallest absolute Gasteiger partial charge is 0.167 e. The number of thiocarbonyl (C=S) groups is 1. The quantitative estimate of drug-likeness (QED) is 0.773. The number of hydrogen-bond donors (Lipinski definition) is 2. The normalized spacial score (nSPS) is 16.7. The van der Waals surface area contributed by atoms with Gasteiger partial charge in [-0.25, -0.2) is 9.67 Å². The van der Waals surface area contributed by atoms with Crippen LogP contribution in [-0.4, -0.2) is 32.0 Å². The Hall–Kier alpha value is -1.68. The molecule has 96 valence electrons. The molecule has 0 unspecified atom stereocenters. The van der Waals surface area contributed by atoms with Crippen molar-refractivity contribution in [1.29, 1.82) is 5.26 Å². The number of nitriles is 1. The minimum atomic E-state index is -0.659. The predicted molar refractivity (Wildman–Crippen MR) is 70.7 cm³/mol. The molecule has 1 fully saturated rings. The lowest BCUT2D eigenvalue weighted by atomic mass is 10.1. The highest BCUT2D eigenvalue weighted by Gasteiger charge is 2.45. The van der Waals surface area contributed by atoms with Crippen LogP contribution in [0.2, 0.25) is 0 Å². The van der Waals surface area contributed by atoms with E-state index in [1.165, 1.54) is 6.33 Å². The van der Waals surface area contributed by atoms with Crippen LogP contribution in [0.25, 0.3) is 0 Å². The van der Waals surface area contributed by atoms with Crippen LogP contribution in [0.4, 0.5) is 0 Å². The van der Waals surface area contributed by atoms with Crippen molar-refractivity contribution in [2.75, 3.05) is 6.54 Å². The molecule has 2 N–H and O–H groups in total. The van der Waals surface area contributed by atoms with Crippen molar-refractivity contribution in [1.82, 2.24) is 25.4 Å². The lowest BCUT2D eigenvalue weighted by Crippen LogP contribution is -2.49. The van der Waals surface area contributed by atoms with E-state index in [4.69, 9.17) is 17.5 Å². The topological polar surface area (TPSA) is 78.6 Å². The van der Waals surface area contributed by atoms with Crippen molar-refractivity contribution >= 4 is 17.3 Å². The molecule has 1 saturated carbocycles. The van der Waals surface area contributed by atoms with Gasteiger partial charge in [0.2, 0.25) is 0 Å². The Balaban J connectivity index is 1.86.